The van der Waals surface area contributed by atoms with Crippen molar-refractivity contribution < 1.29 is 33.5 Å². The van der Waals surface area contributed by atoms with Crippen molar-refractivity contribution in [3.63, 3.8) is 0 Å². The van der Waals surface area contributed by atoms with E-state index < -0.39 is 58.1 Å². The molecule has 19 heteroatoms. The van der Waals surface area contributed by atoms with Gasteiger partial charge in [0.15, 0.2) is 16.9 Å². The maximum Gasteiger partial charge on any atom is 0.413 e. The van der Waals surface area contributed by atoms with Gasteiger partial charge in [0.2, 0.25) is 5.60 Å². The Labute approximate surface area is 544 Å². The van der Waals surface area contributed by atoms with E-state index in [-0.39, 0.29) is 22.2 Å². The summed E-state index contributed by atoms with van der Waals surface area (Å²) in [7, 11) is 0. The third kappa shape index (κ3) is 13.2. The molecule has 8 aromatic carbocycles. The number of ether oxygens (including phenoxy) is 2. The lowest BCUT2D eigenvalue weighted by Crippen LogP contribution is -2.71. The van der Waals surface area contributed by atoms with Gasteiger partial charge in [0.1, 0.15) is 33.9 Å². The van der Waals surface area contributed by atoms with Crippen molar-refractivity contribution in [2.45, 2.75) is 60.8 Å². The Balaban J connectivity index is 0.853. The number of esters is 1. The topological polar surface area (TPSA) is 179 Å². The van der Waals surface area contributed by atoms with Crippen LogP contribution in [0.5, 0.6) is 0 Å². The molecule has 0 saturated carbocycles. The third-order valence-electron chi connectivity index (χ3n) is 15.3. The van der Waals surface area contributed by atoms with Crippen molar-refractivity contribution in [2.75, 3.05) is 16.2 Å². The quantitative estimate of drug-likeness (QED) is 0.0125. The molecule has 1 saturated heterocycles. The summed E-state index contributed by atoms with van der Waals surface area (Å²) < 4.78 is 14.0. The number of aromatic nitrogens is 4. The highest BCUT2D eigenvalue weighted by Crippen LogP contribution is 2.47. The number of nitrogens with one attached hydrogen (secondary N) is 2. The van der Waals surface area contributed by atoms with Gasteiger partial charge >= 0.3 is 12.1 Å². The van der Waals surface area contributed by atoms with E-state index in [0.717, 1.165) is 44.8 Å². The molecule has 10 aromatic rings. The number of carbonyl (C=O) groups excluding carboxylic acids is 4. The van der Waals surface area contributed by atoms with Crippen molar-refractivity contribution in [3.8, 4) is 0 Å². The summed E-state index contributed by atoms with van der Waals surface area (Å²) in [6, 6.07) is 77.3. The fraction of sp³-hybridized carbons (Fsp3) is 0.167. The predicted octanol–water partition coefficient (Wildman–Crippen LogP) is 14.2. The Bertz CT molecular complexity index is 3970. The third-order valence-corrected chi connectivity index (χ3v) is 19.8. The van der Waals surface area contributed by atoms with E-state index in [2.05, 4.69) is 52.0 Å². The molecule has 91 heavy (non-hydrogen) atoms. The van der Waals surface area contributed by atoms with Gasteiger partial charge in [-0.05, 0) is 48.6 Å². The zero-order chi connectivity index (χ0) is 62.8. The number of hydrogen-bond acceptors (Lipinski definition) is 15. The molecular weight excluding hydrogens is 1220 g/mol. The number of rotatable bonds is 22. The first-order valence-electron chi connectivity index (χ1n) is 29.4. The van der Waals surface area contributed by atoms with Crippen LogP contribution in [0.2, 0.25) is 0 Å². The first-order valence-corrected chi connectivity index (χ1v) is 33.4. The second kappa shape index (κ2) is 27.7. The Morgan fingerprint density at radius 1 is 0.659 bits per heavy atom. The summed E-state index contributed by atoms with van der Waals surface area (Å²) in [4.78, 5) is 72.2. The highest BCUT2D eigenvalue weighted by Gasteiger charge is 2.55. The van der Waals surface area contributed by atoms with E-state index in [0.29, 0.717) is 38.2 Å². The molecule has 3 amide bonds. The van der Waals surface area contributed by atoms with Gasteiger partial charge in [-0.15, -0.1) is 51.7 Å². The number of thioether (sulfide) groups is 3. The molecule has 15 nitrogen and oxygen atoms in total. The molecule has 2 aromatic heterocycles. The number of anilines is 1. The summed E-state index contributed by atoms with van der Waals surface area (Å²) in [5.41, 5.74) is 4.26. The minimum atomic E-state index is -1.41. The number of carbonyl (C=O) groups is 4. The summed E-state index contributed by atoms with van der Waals surface area (Å²) >= 11 is 5.52. The number of fused-ring (bicyclic) bond motifs is 1. The molecule has 2 aliphatic rings. The largest absolute Gasteiger partial charge is 0.448 e. The molecular formula is C72H62N8O7S4. The number of amides is 3. The fourth-order valence-electron chi connectivity index (χ4n) is 11.2. The van der Waals surface area contributed by atoms with E-state index >= 15 is 14.4 Å². The van der Waals surface area contributed by atoms with Gasteiger partial charge in [-0.2, -0.15) is 0 Å². The smallest absolute Gasteiger partial charge is 0.413 e. The van der Waals surface area contributed by atoms with Gasteiger partial charge in [0.25, 0.3) is 11.8 Å². The van der Waals surface area contributed by atoms with E-state index in [1.165, 1.54) is 28.4 Å². The first-order chi connectivity index (χ1) is 44.4. The van der Waals surface area contributed by atoms with Crippen LogP contribution in [0.15, 0.2) is 270 Å². The van der Waals surface area contributed by atoms with Crippen LogP contribution in [0.4, 0.5) is 9.93 Å². The van der Waals surface area contributed by atoms with Gasteiger partial charge in [0, 0.05) is 43.6 Å². The second-order valence-electron chi connectivity index (χ2n) is 22.3. The second-order valence-corrected chi connectivity index (χ2v) is 26.7. The fourth-order valence-corrected chi connectivity index (χ4v) is 15.5. The van der Waals surface area contributed by atoms with Crippen LogP contribution in [-0.4, -0.2) is 82.3 Å². The summed E-state index contributed by atoms with van der Waals surface area (Å²) in [6.07, 6.45) is 0.437. The minimum absolute atomic E-state index is 0.0511. The number of β-lactam (4-membered cyclic amide) rings is 1. The standard InChI is InChI=1S/C72H62N8O7S4/c1-70(2,3)86-69(84)75-68-73-58(46-90-68)60(77-87-72(54-38-22-9-23-39-54,55-40-24-10-25-41-55)56-42-26-11-27-43-56)64(81)74-61-65(82)80-62(67(83)85-63(49-28-12-4-13-29-49)50-30-14-5-15-31-50)59(47-89-66(61)80)91-48-88-45-57-44-79(78-76-57)71(51-32-16-6-17-33-51,52-34-18-7-19-35-52)53-36-20-8-21-37-53/h4-44,46,61,63,66H,45,47-48H2,1-3H3,(H,74,81)(H,73,75,84)/b77-60-/t61-,66-/m1/s1. The van der Waals surface area contributed by atoms with E-state index in [1.54, 1.807) is 37.9 Å². The maximum atomic E-state index is 15.2. The first kappa shape index (κ1) is 61.7. The van der Waals surface area contributed by atoms with Crippen molar-refractivity contribution in [2.24, 2.45) is 5.16 Å². The Kier molecular flexibility index (Phi) is 18.8. The van der Waals surface area contributed by atoms with Crippen molar-refractivity contribution in [1.82, 2.24) is 30.2 Å². The SMILES string of the molecule is CC(C)(C)OC(=O)Nc1nc(/C(=N/OC(c2ccccc2)(c2ccccc2)c2ccccc2)C(=O)N[C@@H]2C(=O)N3C(C(=O)OC(c4ccccc4)c4ccccc4)=C(SCSCc4cn(C(c5ccccc5)(c5ccccc5)c5ccccc5)nn4)CS[C@H]23)cs1. The normalized spacial score (nSPS) is 15.1. The Morgan fingerprint density at radius 2 is 1.13 bits per heavy atom. The monoisotopic (exact) mass is 1280 g/mol. The predicted molar refractivity (Wildman–Crippen MR) is 360 cm³/mol. The average molecular weight is 1280 g/mol. The van der Waals surface area contributed by atoms with Gasteiger partial charge < -0.3 is 19.6 Å². The van der Waals surface area contributed by atoms with Crippen molar-refractivity contribution in [3.05, 3.63) is 321 Å². The van der Waals surface area contributed by atoms with Crippen LogP contribution in [0.25, 0.3) is 0 Å². The molecule has 0 spiro atoms. The molecule has 456 valence electrons. The average Bonchev–Trinajstić information content (AvgIpc) is 1.57. The molecule has 2 N–H and O–H groups in total. The number of thiazole rings is 1. The van der Waals surface area contributed by atoms with Crippen molar-refractivity contribution in [1.29, 1.82) is 0 Å². The molecule has 0 bridgehead atoms. The lowest BCUT2D eigenvalue weighted by molar-refractivity contribution is -0.154. The van der Waals surface area contributed by atoms with Crippen LogP contribution in [0, 0.1) is 0 Å². The zero-order valence-electron chi connectivity index (χ0n) is 49.8. The van der Waals surface area contributed by atoms with Crippen LogP contribution in [0.1, 0.15) is 82.8 Å². The highest BCUT2D eigenvalue weighted by molar-refractivity contribution is 8.18. The summed E-state index contributed by atoms with van der Waals surface area (Å²) in [6.45, 7) is 5.24. The molecule has 0 radical (unpaired) electrons. The minimum Gasteiger partial charge on any atom is -0.448 e. The highest BCUT2D eigenvalue weighted by atomic mass is 32.2. The van der Waals surface area contributed by atoms with Gasteiger partial charge in [-0.25, -0.2) is 19.3 Å². The van der Waals surface area contributed by atoms with Gasteiger partial charge in [-0.1, -0.05) is 253 Å². The lowest BCUT2D eigenvalue weighted by atomic mass is 9.77. The van der Waals surface area contributed by atoms with Crippen LogP contribution in [-0.2, 0) is 45.6 Å². The number of hydrogen-bond donors (Lipinski definition) is 2. The van der Waals surface area contributed by atoms with E-state index in [4.69, 9.17) is 29.8 Å². The molecule has 4 heterocycles. The van der Waals surface area contributed by atoms with Crippen LogP contribution < -0.4 is 10.6 Å². The Morgan fingerprint density at radius 3 is 1.62 bits per heavy atom. The zero-order valence-corrected chi connectivity index (χ0v) is 53.0. The molecule has 2 atom stereocenters. The summed E-state index contributed by atoms with van der Waals surface area (Å²) in [5.74, 6) is -1.23. The number of nitrogens with zero attached hydrogens (tertiary/aromatic N) is 6. The molecule has 2 aliphatic heterocycles. The number of oxime groups is 1. The van der Waals surface area contributed by atoms with Crippen LogP contribution >= 0.6 is 46.6 Å². The van der Waals surface area contributed by atoms with Crippen LogP contribution in [0.3, 0.4) is 0 Å². The number of benzene rings is 8. The van der Waals surface area contributed by atoms with Gasteiger partial charge in [-0.3, -0.25) is 19.8 Å². The summed E-state index contributed by atoms with van der Waals surface area (Å²) in [5, 5.41) is 21.4. The van der Waals surface area contributed by atoms with Crippen molar-refractivity contribution >= 4 is 81.3 Å². The Hall–Kier alpha value is -9.53. The van der Waals surface area contributed by atoms with Gasteiger partial charge in [0.05, 0.1) is 11.9 Å². The van der Waals surface area contributed by atoms with E-state index in [1.807, 2.05) is 217 Å². The molecule has 1 fully saturated rings. The molecule has 0 aliphatic carbocycles. The lowest BCUT2D eigenvalue weighted by Gasteiger charge is -2.49. The van der Waals surface area contributed by atoms with E-state index in [9.17, 15) is 4.79 Å². The maximum absolute atomic E-state index is 15.2. The molecule has 0 unspecified atom stereocenters. The molecule has 12 rings (SSSR count).